The Labute approximate surface area is 93.8 Å². The van der Waals surface area contributed by atoms with Crippen LogP contribution in [-0.4, -0.2) is 12.1 Å². The number of nitriles is 1. The van der Waals surface area contributed by atoms with Gasteiger partial charge in [-0.1, -0.05) is 15.9 Å². The quantitative estimate of drug-likeness (QED) is 0.798. The minimum absolute atomic E-state index is 0.128. The smallest absolute Gasteiger partial charge is 0.269 e. The Balaban J connectivity index is 3.36. The molecule has 15 heavy (non-hydrogen) atoms. The van der Waals surface area contributed by atoms with Gasteiger partial charge in [-0.25, -0.2) is 13.8 Å². The number of rotatable bonds is 3. The highest BCUT2D eigenvalue weighted by Gasteiger charge is 2.18. The molecule has 0 aliphatic heterocycles. The molecule has 0 atom stereocenters. The van der Waals surface area contributed by atoms with Crippen LogP contribution in [0.3, 0.4) is 0 Å². The lowest BCUT2D eigenvalue weighted by molar-refractivity contribution is 0.146. The summed E-state index contributed by atoms with van der Waals surface area (Å²) in [6.07, 6.45) is -2.70. The summed E-state index contributed by atoms with van der Waals surface area (Å²) in [5.74, 6) is -0.140. The van der Waals surface area contributed by atoms with Crippen molar-refractivity contribution in [1.82, 2.24) is 4.98 Å². The molecule has 0 aliphatic rings. The van der Waals surface area contributed by atoms with Gasteiger partial charge < -0.3 is 4.74 Å². The highest BCUT2D eigenvalue weighted by Crippen LogP contribution is 2.29. The highest BCUT2D eigenvalue weighted by molar-refractivity contribution is 9.08. The maximum Gasteiger partial charge on any atom is 0.269 e. The van der Waals surface area contributed by atoms with Crippen LogP contribution in [0, 0.1) is 11.3 Å². The first-order valence-electron chi connectivity index (χ1n) is 3.96. The number of methoxy groups -OCH3 is 1. The van der Waals surface area contributed by atoms with Crippen molar-refractivity contribution in [2.24, 2.45) is 0 Å². The van der Waals surface area contributed by atoms with Crippen molar-refractivity contribution < 1.29 is 13.5 Å². The van der Waals surface area contributed by atoms with Gasteiger partial charge in [0, 0.05) is 5.33 Å². The van der Waals surface area contributed by atoms with Gasteiger partial charge in [0.1, 0.15) is 6.07 Å². The molecule has 0 bridgehead atoms. The number of hydrogen-bond acceptors (Lipinski definition) is 3. The van der Waals surface area contributed by atoms with Crippen LogP contribution in [0.5, 0.6) is 5.88 Å². The van der Waals surface area contributed by atoms with Crippen molar-refractivity contribution in [2.75, 3.05) is 7.11 Å². The molecule has 3 nitrogen and oxygen atoms in total. The average molecular weight is 277 g/mol. The number of nitrogens with zero attached hydrogens (tertiary/aromatic N) is 2. The van der Waals surface area contributed by atoms with Gasteiger partial charge in [-0.3, -0.25) is 0 Å². The zero-order chi connectivity index (χ0) is 11.4. The molecule has 0 saturated heterocycles. The number of ether oxygens (including phenoxy) is 1. The third-order valence-electron chi connectivity index (χ3n) is 1.77. The molecule has 0 aliphatic carbocycles. The second-order valence-corrected chi connectivity index (χ2v) is 3.19. The van der Waals surface area contributed by atoms with Crippen LogP contribution in [-0.2, 0) is 5.33 Å². The lowest BCUT2D eigenvalue weighted by atomic mass is 10.1. The van der Waals surface area contributed by atoms with Crippen molar-refractivity contribution in [2.45, 2.75) is 11.8 Å². The Morgan fingerprint density at radius 2 is 2.33 bits per heavy atom. The number of pyridine rings is 1. The topological polar surface area (TPSA) is 45.9 Å². The van der Waals surface area contributed by atoms with Crippen molar-refractivity contribution in [3.8, 4) is 11.9 Å². The molecule has 1 aromatic heterocycles. The van der Waals surface area contributed by atoms with Crippen LogP contribution in [0.25, 0.3) is 0 Å². The highest BCUT2D eigenvalue weighted by atomic mass is 79.9. The predicted octanol–water partition coefficient (Wildman–Crippen LogP) is 2.79. The van der Waals surface area contributed by atoms with E-state index in [-0.39, 0.29) is 17.0 Å². The fraction of sp³-hybridized carbons (Fsp3) is 0.333. The van der Waals surface area contributed by atoms with Gasteiger partial charge >= 0.3 is 0 Å². The van der Waals surface area contributed by atoms with Crippen molar-refractivity contribution in [3.05, 3.63) is 22.9 Å². The van der Waals surface area contributed by atoms with Crippen molar-refractivity contribution in [3.63, 3.8) is 0 Å². The lowest BCUT2D eigenvalue weighted by Crippen LogP contribution is -2.01. The minimum atomic E-state index is -2.70. The summed E-state index contributed by atoms with van der Waals surface area (Å²) in [7, 11) is 1.26. The monoisotopic (exact) mass is 276 g/mol. The standard InChI is InChI=1S/C9H7BrF2N2O/c1-15-9-6(8(11)12)2-5(4-13)7(3-10)14-9/h2,8H,3H2,1H3. The molecule has 0 N–H and O–H groups in total. The number of alkyl halides is 3. The fourth-order valence-electron chi connectivity index (χ4n) is 1.07. The summed E-state index contributed by atoms with van der Waals surface area (Å²) in [6, 6.07) is 2.92. The molecule has 1 rings (SSSR count). The molecule has 0 fully saturated rings. The molecular formula is C9H7BrF2N2O. The third-order valence-corrected chi connectivity index (χ3v) is 2.30. The Morgan fingerprint density at radius 3 is 2.73 bits per heavy atom. The van der Waals surface area contributed by atoms with Crippen LogP contribution in [0.15, 0.2) is 6.07 Å². The Hall–Kier alpha value is -1.22. The first-order chi connectivity index (χ1) is 7.13. The molecule has 0 aromatic carbocycles. The van der Waals surface area contributed by atoms with Gasteiger partial charge in [0.25, 0.3) is 6.43 Å². The first kappa shape index (κ1) is 11.9. The number of hydrogen-bond donors (Lipinski definition) is 0. The zero-order valence-electron chi connectivity index (χ0n) is 7.80. The predicted molar refractivity (Wildman–Crippen MR) is 53.1 cm³/mol. The maximum atomic E-state index is 12.5. The van der Waals surface area contributed by atoms with E-state index in [0.29, 0.717) is 11.0 Å². The van der Waals surface area contributed by atoms with Gasteiger partial charge in [0.05, 0.1) is 23.9 Å². The van der Waals surface area contributed by atoms with E-state index < -0.39 is 6.43 Å². The van der Waals surface area contributed by atoms with Crippen LogP contribution in [0.1, 0.15) is 23.2 Å². The molecule has 1 heterocycles. The first-order valence-corrected chi connectivity index (χ1v) is 5.08. The van der Waals surface area contributed by atoms with Crippen molar-refractivity contribution >= 4 is 15.9 Å². The second kappa shape index (κ2) is 5.03. The Kier molecular flexibility index (Phi) is 3.97. The summed E-state index contributed by atoms with van der Waals surface area (Å²) in [6.45, 7) is 0. The summed E-state index contributed by atoms with van der Waals surface area (Å²) >= 11 is 3.12. The van der Waals surface area contributed by atoms with E-state index in [0.717, 1.165) is 6.07 Å². The lowest BCUT2D eigenvalue weighted by Gasteiger charge is -2.09. The van der Waals surface area contributed by atoms with Crippen LogP contribution in [0.2, 0.25) is 0 Å². The molecule has 80 valence electrons. The van der Waals surface area contributed by atoms with Gasteiger partial charge in [-0.05, 0) is 6.07 Å². The Morgan fingerprint density at radius 1 is 1.67 bits per heavy atom. The van der Waals surface area contributed by atoms with E-state index in [2.05, 4.69) is 20.9 Å². The van der Waals surface area contributed by atoms with Gasteiger partial charge in [0.2, 0.25) is 5.88 Å². The van der Waals surface area contributed by atoms with Crippen LogP contribution < -0.4 is 4.74 Å². The van der Waals surface area contributed by atoms with E-state index in [1.807, 2.05) is 6.07 Å². The largest absolute Gasteiger partial charge is 0.481 e. The summed E-state index contributed by atoms with van der Waals surface area (Å²) in [5.41, 5.74) is 0.153. The second-order valence-electron chi connectivity index (χ2n) is 2.63. The van der Waals surface area contributed by atoms with E-state index in [1.54, 1.807) is 0 Å². The van der Waals surface area contributed by atoms with Crippen molar-refractivity contribution in [1.29, 1.82) is 5.26 Å². The maximum absolute atomic E-state index is 12.5. The number of aromatic nitrogens is 1. The van der Waals surface area contributed by atoms with Gasteiger partial charge in [-0.15, -0.1) is 0 Å². The van der Waals surface area contributed by atoms with E-state index in [1.165, 1.54) is 7.11 Å². The van der Waals surface area contributed by atoms with Crippen LogP contribution in [0.4, 0.5) is 8.78 Å². The average Bonchev–Trinajstić information content (AvgIpc) is 2.26. The van der Waals surface area contributed by atoms with E-state index >= 15 is 0 Å². The molecule has 0 unspecified atom stereocenters. The summed E-state index contributed by atoms with van der Waals surface area (Å²) in [5, 5.41) is 9.04. The number of halogens is 3. The fourth-order valence-corrected chi connectivity index (χ4v) is 1.49. The molecule has 1 aromatic rings. The third kappa shape index (κ3) is 2.42. The molecule has 0 spiro atoms. The van der Waals surface area contributed by atoms with E-state index in [9.17, 15) is 8.78 Å². The SMILES string of the molecule is COc1nc(CBr)c(C#N)cc1C(F)F. The normalized spacial score (nSPS) is 10.1. The molecule has 0 saturated carbocycles. The minimum Gasteiger partial charge on any atom is -0.481 e. The van der Waals surface area contributed by atoms with Gasteiger partial charge in [-0.2, -0.15) is 5.26 Å². The van der Waals surface area contributed by atoms with E-state index in [4.69, 9.17) is 10.00 Å². The van der Waals surface area contributed by atoms with Gasteiger partial charge in [0.15, 0.2) is 0 Å². The zero-order valence-corrected chi connectivity index (χ0v) is 9.38. The summed E-state index contributed by atoms with van der Waals surface area (Å²) < 4.78 is 29.8. The molecule has 0 amide bonds. The molecular weight excluding hydrogens is 270 g/mol. The Bertz CT molecular complexity index is 404. The van der Waals surface area contributed by atoms with Crippen LogP contribution >= 0.6 is 15.9 Å². The molecule has 0 radical (unpaired) electrons. The molecule has 6 heteroatoms. The summed E-state index contributed by atoms with van der Waals surface area (Å²) in [4.78, 5) is 3.83.